The Kier molecular flexibility index (Phi) is 5.73. The summed E-state index contributed by atoms with van der Waals surface area (Å²) in [5.41, 5.74) is 0.769. The molecule has 0 spiro atoms. The molecular formula is C14H25N5O. The molecule has 0 radical (unpaired) electrons. The fourth-order valence-corrected chi connectivity index (χ4v) is 1.75. The summed E-state index contributed by atoms with van der Waals surface area (Å²) in [5.74, 6) is 1.62. The minimum absolute atomic E-state index is 0.0311. The van der Waals surface area contributed by atoms with Crippen molar-refractivity contribution in [3.8, 4) is 0 Å². The summed E-state index contributed by atoms with van der Waals surface area (Å²) >= 11 is 0. The molecule has 0 bridgehead atoms. The molecule has 1 aromatic heterocycles. The highest BCUT2D eigenvalue weighted by molar-refractivity contribution is 5.77. The molecule has 6 nitrogen and oxygen atoms in total. The van der Waals surface area contributed by atoms with Gasteiger partial charge in [0.1, 0.15) is 18.0 Å². The third-order valence-electron chi connectivity index (χ3n) is 2.59. The van der Waals surface area contributed by atoms with Crippen LogP contribution in [-0.2, 0) is 4.79 Å². The van der Waals surface area contributed by atoms with Crippen LogP contribution in [0.5, 0.6) is 0 Å². The standard InChI is InChI=1S/C14H25N5O/c1-6-15-12-10(2)13(18-9-17-12)16-8-7-11(20)19-14(3,4)5/h9H,6-8H2,1-5H3,(H,19,20)(H2,15,16,17,18). The lowest BCUT2D eigenvalue weighted by molar-refractivity contribution is -0.122. The highest BCUT2D eigenvalue weighted by atomic mass is 16.1. The monoisotopic (exact) mass is 279 g/mol. The minimum atomic E-state index is -0.194. The maximum absolute atomic E-state index is 11.7. The van der Waals surface area contributed by atoms with E-state index in [1.165, 1.54) is 6.33 Å². The van der Waals surface area contributed by atoms with Gasteiger partial charge in [-0.25, -0.2) is 9.97 Å². The number of amides is 1. The Balaban J connectivity index is 2.50. The third-order valence-corrected chi connectivity index (χ3v) is 2.59. The lowest BCUT2D eigenvalue weighted by atomic mass is 10.1. The van der Waals surface area contributed by atoms with Gasteiger partial charge in [-0.2, -0.15) is 0 Å². The van der Waals surface area contributed by atoms with Gasteiger partial charge in [-0.1, -0.05) is 0 Å². The van der Waals surface area contributed by atoms with Crippen molar-refractivity contribution in [2.45, 2.75) is 46.6 Å². The molecule has 0 atom stereocenters. The Bertz CT molecular complexity index is 453. The maximum Gasteiger partial charge on any atom is 0.222 e. The van der Waals surface area contributed by atoms with E-state index in [4.69, 9.17) is 0 Å². The smallest absolute Gasteiger partial charge is 0.222 e. The van der Waals surface area contributed by atoms with Gasteiger partial charge in [0.05, 0.1) is 0 Å². The Morgan fingerprint density at radius 2 is 1.80 bits per heavy atom. The fraction of sp³-hybridized carbons (Fsp3) is 0.643. The molecule has 1 amide bonds. The van der Waals surface area contributed by atoms with E-state index in [1.54, 1.807) is 0 Å². The third kappa shape index (κ3) is 5.42. The largest absolute Gasteiger partial charge is 0.370 e. The van der Waals surface area contributed by atoms with Crippen LogP contribution in [0.1, 0.15) is 39.7 Å². The van der Waals surface area contributed by atoms with Gasteiger partial charge in [0.15, 0.2) is 0 Å². The van der Waals surface area contributed by atoms with Crippen LogP contribution in [0.2, 0.25) is 0 Å². The lowest BCUT2D eigenvalue weighted by Gasteiger charge is -2.20. The van der Waals surface area contributed by atoms with Gasteiger partial charge < -0.3 is 16.0 Å². The summed E-state index contributed by atoms with van der Waals surface area (Å²) in [6, 6.07) is 0. The molecule has 0 aliphatic rings. The van der Waals surface area contributed by atoms with Crippen LogP contribution in [0.4, 0.5) is 11.6 Å². The SMILES string of the molecule is CCNc1ncnc(NCCC(=O)NC(C)(C)C)c1C. The lowest BCUT2D eigenvalue weighted by Crippen LogP contribution is -2.41. The van der Waals surface area contributed by atoms with E-state index in [1.807, 2.05) is 34.6 Å². The Hall–Kier alpha value is -1.85. The summed E-state index contributed by atoms with van der Waals surface area (Å²) in [4.78, 5) is 20.1. The van der Waals surface area contributed by atoms with Crippen molar-refractivity contribution in [1.29, 1.82) is 0 Å². The second-order valence-corrected chi connectivity index (χ2v) is 5.70. The maximum atomic E-state index is 11.7. The Morgan fingerprint density at radius 3 is 2.35 bits per heavy atom. The fourth-order valence-electron chi connectivity index (χ4n) is 1.75. The first-order valence-electron chi connectivity index (χ1n) is 6.94. The summed E-state index contributed by atoms with van der Waals surface area (Å²) in [6.07, 6.45) is 1.93. The number of hydrogen-bond acceptors (Lipinski definition) is 5. The van der Waals surface area contributed by atoms with Crippen molar-refractivity contribution in [3.05, 3.63) is 11.9 Å². The van der Waals surface area contributed by atoms with E-state index < -0.39 is 0 Å². The van der Waals surface area contributed by atoms with Gasteiger partial charge in [-0.3, -0.25) is 4.79 Å². The van der Waals surface area contributed by atoms with Crippen molar-refractivity contribution in [2.75, 3.05) is 23.7 Å². The molecule has 3 N–H and O–H groups in total. The van der Waals surface area contributed by atoms with Gasteiger partial charge >= 0.3 is 0 Å². The predicted octanol–water partition coefficient (Wildman–Crippen LogP) is 1.93. The molecule has 1 aromatic rings. The van der Waals surface area contributed by atoms with Crippen LogP contribution in [0, 0.1) is 6.92 Å². The number of aromatic nitrogens is 2. The first-order valence-corrected chi connectivity index (χ1v) is 6.94. The topological polar surface area (TPSA) is 78.9 Å². The molecule has 6 heteroatoms. The highest BCUT2D eigenvalue weighted by Crippen LogP contribution is 2.17. The number of carbonyl (C=O) groups excluding carboxylic acids is 1. The van der Waals surface area contributed by atoms with Crippen molar-refractivity contribution in [2.24, 2.45) is 0 Å². The van der Waals surface area contributed by atoms with Gasteiger partial charge in [-0.15, -0.1) is 0 Å². The predicted molar refractivity (Wildman–Crippen MR) is 81.9 cm³/mol. The molecule has 112 valence electrons. The second-order valence-electron chi connectivity index (χ2n) is 5.70. The van der Waals surface area contributed by atoms with Gasteiger partial charge in [0.25, 0.3) is 0 Å². The van der Waals surface area contributed by atoms with Crippen LogP contribution in [0.25, 0.3) is 0 Å². The summed E-state index contributed by atoms with van der Waals surface area (Å²) in [5, 5.41) is 9.28. The highest BCUT2D eigenvalue weighted by Gasteiger charge is 2.13. The van der Waals surface area contributed by atoms with Gasteiger partial charge in [0.2, 0.25) is 5.91 Å². The molecule has 0 aromatic carbocycles. The molecular weight excluding hydrogens is 254 g/mol. The molecule has 1 heterocycles. The summed E-state index contributed by atoms with van der Waals surface area (Å²) in [6.45, 7) is 11.2. The van der Waals surface area contributed by atoms with E-state index in [-0.39, 0.29) is 11.4 Å². The first-order chi connectivity index (χ1) is 9.33. The number of nitrogens with one attached hydrogen (secondary N) is 3. The van der Waals surface area contributed by atoms with Crippen molar-refractivity contribution in [3.63, 3.8) is 0 Å². The second kappa shape index (κ2) is 7.07. The van der Waals surface area contributed by atoms with E-state index in [0.717, 1.165) is 23.7 Å². The molecule has 0 saturated heterocycles. The van der Waals surface area contributed by atoms with Crippen LogP contribution in [0.15, 0.2) is 6.33 Å². The minimum Gasteiger partial charge on any atom is -0.370 e. The number of hydrogen-bond donors (Lipinski definition) is 3. The zero-order valence-electron chi connectivity index (χ0n) is 13.0. The molecule has 0 saturated carbocycles. The summed E-state index contributed by atoms with van der Waals surface area (Å²) in [7, 11) is 0. The average Bonchev–Trinajstić information content (AvgIpc) is 2.32. The number of carbonyl (C=O) groups is 1. The van der Waals surface area contributed by atoms with Crippen LogP contribution < -0.4 is 16.0 Å². The molecule has 20 heavy (non-hydrogen) atoms. The quantitative estimate of drug-likeness (QED) is 0.741. The van der Waals surface area contributed by atoms with Crippen molar-refractivity contribution in [1.82, 2.24) is 15.3 Å². The number of anilines is 2. The Labute approximate surface area is 120 Å². The normalized spacial score (nSPS) is 11.1. The van der Waals surface area contributed by atoms with E-state index >= 15 is 0 Å². The van der Waals surface area contributed by atoms with Crippen LogP contribution in [0.3, 0.4) is 0 Å². The summed E-state index contributed by atoms with van der Waals surface area (Å²) < 4.78 is 0. The zero-order valence-corrected chi connectivity index (χ0v) is 13.0. The average molecular weight is 279 g/mol. The molecule has 0 aliphatic carbocycles. The van der Waals surface area contributed by atoms with Crippen molar-refractivity contribution < 1.29 is 4.79 Å². The van der Waals surface area contributed by atoms with Gasteiger partial charge in [-0.05, 0) is 34.6 Å². The number of nitrogens with zero attached hydrogens (tertiary/aromatic N) is 2. The molecule has 0 aliphatic heterocycles. The first kappa shape index (κ1) is 16.2. The molecule has 0 fully saturated rings. The molecule has 0 unspecified atom stereocenters. The van der Waals surface area contributed by atoms with Crippen LogP contribution in [-0.4, -0.2) is 34.5 Å². The molecule has 1 rings (SSSR count). The van der Waals surface area contributed by atoms with Gasteiger partial charge in [0, 0.05) is 30.6 Å². The number of rotatable bonds is 6. The Morgan fingerprint density at radius 1 is 1.20 bits per heavy atom. The zero-order chi connectivity index (χ0) is 15.2. The van der Waals surface area contributed by atoms with E-state index in [9.17, 15) is 4.79 Å². The van der Waals surface area contributed by atoms with Crippen LogP contribution >= 0.6 is 0 Å². The van der Waals surface area contributed by atoms with E-state index in [0.29, 0.717) is 13.0 Å². The van der Waals surface area contributed by atoms with Crippen molar-refractivity contribution >= 4 is 17.5 Å². The van der Waals surface area contributed by atoms with E-state index in [2.05, 4.69) is 25.9 Å².